The third-order valence-corrected chi connectivity index (χ3v) is 4.12. The predicted octanol–water partition coefficient (Wildman–Crippen LogP) is 4.48. The summed E-state index contributed by atoms with van der Waals surface area (Å²) < 4.78 is 11.4. The Kier molecular flexibility index (Phi) is 4.22. The largest absolute Gasteiger partial charge is 0.507 e. The van der Waals surface area contributed by atoms with E-state index >= 15 is 0 Å². The maximum atomic E-state index is 11.3. The van der Waals surface area contributed by atoms with E-state index in [-0.39, 0.29) is 23.6 Å². The molecule has 0 aliphatic carbocycles. The highest BCUT2D eigenvalue weighted by atomic mass is 16.5. The van der Waals surface area contributed by atoms with Gasteiger partial charge in [-0.15, -0.1) is 0 Å². The lowest BCUT2D eigenvalue weighted by atomic mass is 10.1. The molecule has 0 aliphatic rings. The Hall–Kier alpha value is -3.80. The highest BCUT2D eigenvalue weighted by Crippen LogP contribution is 2.36. The molecular formula is C21H15NO5. The number of ether oxygens (including phenoxy) is 1. The van der Waals surface area contributed by atoms with Crippen LogP contribution >= 0.6 is 0 Å². The molecule has 6 nitrogen and oxygen atoms in total. The van der Waals surface area contributed by atoms with Crippen molar-refractivity contribution in [3.63, 3.8) is 0 Å². The fraction of sp³-hybridized carbons (Fsp3) is 0.0476. The van der Waals surface area contributed by atoms with Crippen LogP contribution in [0.25, 0.3) is 22.2 Å². The quantitative estimate of drug-likeness (QED) is 0.544. The zero-order valence-corrected chi connectivity index (χ0v) is 14.1. The molecule has 0 spiro atoms. The van der Waals surface area contributed by atoms with Crippen molar-refractivity contribution in [1.82, 2.24) is 4.98 Å². The van der Waals surface area contributed by atoms with Crippen molar-refractivity contribution in [3.8, 4) is 22.8 Å². The van der Waals surface area contributed by atoms with Crippen LogP contribution in [0.3, 0.4) is 0 Å². The molecule has 0 radical (unpaired) electrons. The van der Waals surface area contributed by atoms with E-state index in [1.807, 2.05) is 30.3 Å². The van der Waals surface area contributed by atoms with E-state index in [1.54, 1.807) is 30.5 Å². The van der Waals surface area contributed by atoms with Gasteiger partial charge >= 0.3 is 5.97 Å². The van der Waals surface area contributed by atoms with Gasteiger partial charge in [0.25, 0.3) is 0 Å². The Balaban J connectivity index is 1.85. The first-order valence-electron chi connectivity index (χ1n) is 8.23. The van der Waals surface area contributed by atoms with Gasteiger partial charge in [-0.25, -0.2) is 9.78 Å². The fourth-order valence-electron chi connectivity index (χ4n) is 2.82. The van der Waals surface area contributed by atoms with E-state index in [0.717, 1.165) is 11.6 Å². The molecule has 0 bridgehead atoms. The van der Waals surface area contributed by atoms with Gasteiger partial charge in [0, 0.05) is 17.0 Å². The molecule has 0 amide bonds. The zero-order valence-electron chi connectivity index (χ0n) is 14.1. The lowest BCUT2D eigenvalue weighted by molar-refractivity contribution is 0.0690. The Bertz CT molecular complexity index is 1100. The maximum absolute atomic E-state index is 11.3. The molecule has 0 unspecified atom stereocenters. The predicted molar refractivity (Wildman–Crippen MR) is 98.8 cm³/mol. The molecule has 2 N–H and O–H groups in total. The van der Waals surface area contributed by atoms with Crippen LogP contribution in [0, 0.1) is 0 Å². The van der Waals surface area contributed by atoms with Gasteiger partial charge in [0.15, 0.2) is 5.69 Å². The van der Waals surface area contributed by atoms with Crippen molar-refractivity contribution in [1.29, 1.82) is 0 Å². The first kappa shape index (κ1) is 16.7. The van der Waals surface area contributed by atoms with Gasteiger partial charge in [-0.2, -0.15) is 0 Å². The zero-order chi connectivity index (χ0) is 18.8. The Morgan fingerprint density at radius 3 is 2.59 bits per heavy atom. The van der Waals surface area contributed by atoms with E-state index < -0.39 is 5.97 Å². The standard InChI is InChI=1S/C21H15NO5/c23-17-11-16(21(24)25)22-20-15(17)9-14(18-7-4-8-26-18)10-19(20)27-12-13-5-2-1-3-6-13/h1-11H,12H2,(H,22,23)(H,24,25). The summed E-state index contributed by atoms with van der Waals surface area (Å²) in [5.74, 6) is -0.448. The topological polar surface area (TPSA) is 92.8 Å². The lowest BCUT2D eigenvalue weighted by Gasteiger charge is -2.12. The van der Waals surface area contributed by atoms with Crippen LogP contribution in [0.2, 0.25) is 0 Å². The SMILES string of the molecule is O=C(O)c1cc(O)c2cc(-c3ccco3)cc(OCc3ccccc3)c2n1. The number of carboxylic acids is 1. The van der Waals surface area contributed by atoms with E-state index in [0.29, 0.717) is 22.5 Å². The number of carboxylic acid groups (broad SMARTS) is 1. The van der Waals surface area contributed by atoms with E-state index in [2.05, 4.69) is 4.98 Å². The molecule has 27 heavy (non-hydrogen) atoms. The van der Waals surface area contributed by atoms with Crippen molar-refractivity contribution >= 4 is 16.9 Å². The minimum Gasteiger partial charge on any atom is -0.507 e. The molecule has 0 saturated heterocycles. The number of fused-ring (bicyclic) bond motifs is 1. The summed E-state index contributed by atoms with van der Waals surface area (Å²) in [6.07, 6.45) is 1.55. The van der Waals surface area contributed by atoms with Crippen LogP contribution < -0.4 is 4.74 Å². The van der Waals surface area contributed by atoms with Crippen molar-refractivity contribution in [2.24, 2.45) is 0 Å². The summed E-state index contributed by atoms with van der Waals surface area (Å²) in [7, 11) is 0. The molecule has 2 heterocycles. The van der Waals surface area contributed by atoms with E-state index in [4.69, 9.17) is 9.15 Å². The molecule has 2 aromatic heterocycles. The summed E-state index contributed by atoms with van der Waals surface area (Å²) in [6.45, 7) is 0.275. The highest BCUT2D eigenvalue weighted by Gasteiger charge is 2.17. The number of carbonyl (C=O) groups is 1. The summed E-state index contributed by atoms with van der Waals surface area (Å²) >= 11 is 0. The number of aromatic hydroxyl groups is 1. The number of aromatic nitrogens is 1. The molecule has 4 rings (SSSR count). The number of hydrogen-bond acceptors (Lipinski definition) is 5. The number of pyridine rings is 1. The van der Waals surface area contributed by atoms with Gasteiger partial charge in [-0.1, -0.05) is 30.3 Å². The van der Waals surface area contributed by atoms with E-state index in [9.17, 15) is 15.0 Å². The van der Waals surface area contributed by atoms with Crippen LogP contribution in [0.4, 0.5) is 0 Å². The second-order valence-corrected chi connectivity index (χ2v) is 5.95. The number of aromatic carboxylic acids is 1. The second-order valence-electron chi connectivity index (χ2n) is 5.95. The minimum atomic E-state index is -1.23. The van der Waals surface area contributed by atoms with Gasteiger partial charge in [0.2, 0.25) is 0 Å². The van der Waals surface area contributed by atoms with Crippen LogP contribution in [0.15, 0.2) is 71.3 Å². The van der Waals surface area contributed by atoms with Gasteiger partial charge in [0.05, 0.1) is 6.26 Å². The summed E-state index contributed by atoms with van der Waals surface area (Å²) in [5.41, 5.74) is 1.66. The van der Waals surface area contributed by atoms with Gasteiger partial charge in [-0.05, 0) is 29.8 Å². The van der Waals surface area contributed by atoms with Gasteiger partial charge in [-0.3, -0.25) is 0 Å². The monoisotopic (exact) mass is 361 g/mol. The minimum absolute atomic E-state index is 0.185. The molecule has 0 atom stereocenters. The van der Waals surface area contributed by atoms with Crippen LogP contribution in [-0.2, 0) is 6.61 Å². The van der Waals surface area contributed by atoms with Crippen LogP contribution in [0.5, 0.6) is 11.5 Å². The Morgan fingerprint density at radius 2 is 1.89 bits per heavy atom. The lowest BCUT2D eigenvalue weighted by Crippen LogP contribution is -2.02. The van der Waals surface area contributed by atoms with Crippen LogP contribution in [-0.4, -0.2) is 21.2 Å². The van der Waals surface area contributed by atoms with Crippen molar-refractivity contribution < 1.29 is 24.2 Å². The van der Waals surface area contributed by atoms with Crippen molar-refractivity contribution in [2.45, 2.75) is 6.61 Å². The summed E-state index contributed by atoms with van der Waals surface area (Å²) in [5, 5.41) is 20.0. The first-order valence-corrected chi connectivity index (χ1v) is 8.23. The summed E-state index contributed by atoms with van der Waals surface area (Å²) in [4.78, 5) is 15.5. The first-order chi connectivity index (χ1) is 13.1. The van der Waals surface area contributed by atoms with Crippen molar-refractivity contribution in [2.75, 3.05) is 0 Å². The summed E-state index contributed by atoms with van der Waals surface area (Å²) in [6, 6.07) is 17.7. The number of benzene rings is 2. The molecule has 0 fully saturated rings. The van der Waals surface area contributed by atoms with Crippen LogP contribution in [0.1, 0.15) is 16.1 Å². The molecule has 2 aromatic carbocycles. The molecule has 0 saturated carbocycles. The second kappa shape index (κ2) is 6.84. The normalized spacial score (nSPS) is 10.8. The number of nitrogens with zero attached hydrogens (tertiary/aromatic N) is 1. The molecule has 0 aliphatic heterocycles. The third kappa shape index (κ3) is 3.32. The van der Waals surface area contributed by atoms with Gasteiger partial charge < -0.3 is 19.4 Å². The molecule has 6 heteroatoms. The molecular weight excluding hydrogens is 346 g/mol. The number of rotatable bonds is 5. The van der Waals surface area contributed by atoms with Gasteiger partial charge in [0.1, 0.15) is 29.4 Å². The average molecular weight is 361 g/mol. The number of furan rings is 1. The highest BCUT2D eigenvalue weighted by molar-refractivity contribution is 5.97. The molecule has 4 aromatic rings. The fourth-order valence-corrected chi connectivity index (χ4v) is 2.82. The Labute approximate surface area is 154 Å². The maximum Gasteiger partial charge on any atom is 0.354 e. The van der Waals surface area contributed by atoms with E-state index in [1.165, 1.54) is 0 Å². The average Bonchev–Trinajstić information content (AvgIpc) is 3.21. The molecule has 134 valence electrons. The third-order valence-electron chi connectivity index (χ3n) is 4.12. The number of hydrogen-bond donors (Lipinski definition) is 2. The Morgan fingerprint density at radius 1 is 1.07 bits per heavy atom. The van der Waals surface area contributed by atoms with Crippen molar-refractivity contribution in [3.05, 3.63) is 78.2 Å². The smallest absolute Gasteiger partial charge is 0.354 e.